The lowest BCUT2D eigenvalue weighted by Crippen LogP contribution is -2.54. The maximum atomic E-state index is 13.0. The number of benzene rings is 2. The maximum Gasteiger partial charge on any atom is 0.335 e. The van der Waals surface area contributed by atoms with Gasteiger partial charge in [-0.1, -0.05) is 23.8 Å². The molecule has 0 saturated carbocycles. The van der Waals surface area contributed by atoms with E-state index >= 15 is 0 Å². The molecule has 1 heterocycles. The highest BCUT2D eigenvalue weighted by Gasteiger charge is 2.37. The predicted octanol–water partition coefficient (Wildman–Crippen LogP) is 3.90. The molecule has 0 aliphatic carbocycles. The number of nitrogens with one attached hydrogen (secondary N) is 1. The molecule has 3 rings (SSSR count). The Hall–Kier alpha value is -3.21. The number of amides is 4. The zero-order valence-corrected chi connectivity index (χ0v) is 16.1. The number of carbonyl (C=O) groups is 3. The van der Waals surface area contributed by atoms with E-state index in [9.17, 15) is 14.4 Å². The van der Waals surface area contributed by atoms with Gasteiger partial charge in [-0.05, 0) is 80.6 Å². The summed E-state index contributed by atoms with van der Waals surface area (Å²) in [6, 6.07) is 8.72. The SMILES string of the molecule is Cc1cc(C)cc(N2C(=O)NC(=O)/C(=C\c3c(C)cc(C)cc3C)C2=O)c1. The summed E-state index contributed by atoms with van der Waals surface area (Å²) in [6.07, 6.45) is 1.57. The Morgan fingerprint density at radius 3 is 1.85 bits per heavy atom. The molecule has 0 radical (unpaired) electrons. The van der Waals surface area contributed by atoms with Crippen LogP contribution in [-0.2, 0) is 9.59 Å². The molecule has 5 nitrogen and oxygen atoms in total. The van der Waals surface area contributed by atoms with Gasteiger partial charge in [-0.3, -0.25) is 14.9 Å². The van der Waals surface area contributed by atoms with E-state index < -0.39 is 17.8 Å². The Bertz CT molecular complexity index is 975. The van der Waals surface area contributed by atoms with Crippen LogP contribution in [0, 0.1) is 34.6 Å². The summed E-state index contributed by atoms with van der Waals surface area (Å²) in [7, 11) is 0. The van der Waals surface area contributed by atoms with Gasteiger partial charge in [0.15, 0.2) is 0 Å². The molecule has 5 heteroatoms. The van der Waals surface area contributed by atoms with Crippen molar-refractivity contribution in [2.45, 2.75) is 34.6 Å². The second-order valence-electron chi connectivity index (χ2n) is 7.12. The topological polar surface area (TPSA) is 66.5 Å². The van der Waals surface area contributed by atoms with E-state index in [1.807, 2.05) is 52.8 Å². The van der Waals surface area contributed by atoms with Crippen LogP contribution in [0.2, 0.25) is 0 Å². The number of hydrogen-bond donors (Lipinski definition) is 1. The molecular formula is C22H22N2O3. The Labute approximate surface area is 158 Å². The fourth-order valence-electron chi connectivity index (χ4n) is 3.53. The number of imide groups is 2. The molecule has 138 valence electrons. The third-order valence-electron chi connectivity index (χ3n) is 4.59. The van der Waals surface area contributed by atoms with Crippen molar-refractivity contribution in [2.75, 3.05) is 4.90 Å². The lowest BCUT2D eigenvalue weighted by Gasteiger charge is -2.27. The highest BCUT2D eigenvalue weighted by Crippen LogP contribution is 2.26. The van der Waals surface area contributed by atoms with Crippen LogP contribution in [0.15, 0.2) is 35.9 Å². The average molecular weight is 362 g/mol. The number of hydrogen-bond acceptors (Lipinski definition) is 3. The van der Waals surface area contributed by atoms with Gasteiger partial charge >= 0.3 is 6.03 Å². The normalized spacial score (nSPS) is 16.1. The number of nitrogens with zero attached hydrogens (tertiary/aromatic N) is 1. The second-order valence-corrected chi connectivity index (χ2v) is 7.12. The van der Waals surface area contributed by atoms with Crippen molar-refractivity contribution in [1.29, 1.82) is 0 Å². The summed E-state index contributed by atoms with van der Waals surface area (Å²) < 4.78 is 0. The Morgan fingerprint density at radius 2 is 1.30 bits per heavy atom. The van der Waals surface area contributed by atoms with Gasteiger partial charge in [-0.2, -0.15) is 0 Å². The summed E-state index contributed by atoms with van der Waals surface area (Å²) in [6.45, 7) is 9.65. The lowest BCUT2D eigenvalue weighted by atomic mass is 9.96. The Balaban J connectivity index is 2.11. The third-order valence-corrected chi connectivity index (χ3v) is 4.59. The number of rotatable bonds is 2. The van der Waals surface area contributed by atoms with E-state index in [0.717, 1.165) is 38.3 Å². The van der Waals surface area contributed by atoms with E-state index in [-0.39, 0.29) is 5.57 Å². The lowest BCUT2D eigenvalue weighted by molar-refractivity contribution is -0.122. The molecule has 1 saturated heterocycles. The number of barbiturate groups is 1. The minimum absolute atomic E-state index is 0.0520. The molecule has 0 spiro atoms. The van der Waals surface area contributed by atoms with Crippen molar-refractivity contribution in [2.24, 2.45) is 0 Å². The van der Waals surface area contributed by atoms with Crippen LogP contribution in [0.4, 0.5) is 10.5 Å². The van der Waals surface area contributed by atoms with Gasteiger partial charge in [0.2, 0.25) is 0 Å². The van der Waals surface area contributed by atoms with E-state index in [1.54, 1.807) is 18.2 Å². The first-order chi connectivity index (χ1) is 12.7. The monoisotopic (exact) mass is 362 g/mol. The molecule has 1 aliphatic rings. The van der Waals surface area contributed by atoms with Gasteiger partial charge in [0.05, 0.1) is 5.69 Å². The molecule has 4 amide bonds. The zero-order valence-electron chi connectivity index (χ0n) is 16.1. The van der Waals surface area contributed by atoms with Crippen LogP contribution in [0.25, 0.3) is 6.08 Å². The first-order valence-electron chi connectivity index (χ1n) is 8.75. The minimum Gasteiger partial charge on any atom is -0.273 e. The van der Waals surface area contributed by atoms with Crippen molar-refractivity contribution in [1.82, 2.24) is 5.32 Å². The first kappa shape index (κ1) is 18.6. The molecule has 0 aromatic heterocycles. The molecule has 2 aromatic rings. The quantitative estimate of drug-likeness (QED) is 0.651. The molecule has 0 atom stereocenters. The van der Waals surface area contributed by atoms with Gasteiger partial charge < -0.3 is 0 Å². The standard InChI is InChI=1S/C22H22N2O3/c1-12-6-13(2)10-17(9-12)24-21(26)19(20(25)23-22(24)27)11-18-15(4)7-14(3)8-16(18)5/h6-11H,1-5H3,(H,23,25,27)/b19-11+. The van der Waals surface area contributed by atoms with Crippen molar-refractivity contribution < 1.29 is 14.4 Å². The van der Waals surface area contributed by atoms with Crippen molar-refractivity contribution in [3.8, 4) is 0 Å². The van der Waals surface area contributed by atoms with E-state index in [1.165, 1.54) is 0 Å². The highest BCUT2D eigenvalue weighted by molar-refractivity contribution is 6.39. The smallest absolute Gasteiger partial charge is 0.273 e. The Kier molecular flexibility index (Phi) is 4.70. The summed E-state index contributed by atoms with van der Waals surface area (Å²) in [5.74, 6) is -1.29. The second kappa shape index (κ2) is 6.83. The first-order valence-corrected chi connectivity index (χ1v) is 8.75. The van der Waals surface area contributed by atoms with Crippen LogP contribution in [-0.4, -0.2) is 17.8 Å². The van der Waals surface area contributed by atoms with Crippen LogP contribution in [0.1, 0.15) is 33.4 Å². The molecular weight excluding hydrogens is 340 g/mol. The summed E-state index contributed by atoms with van der Waals surface area (Å²) in [4.78, 5) is 38.8. The van der Waals surface area contributed by atoms with Crippen LogP contribution < -0.4 is 10.2 Å². The maximum absolute atomic E-state index is 13.0. The molecule has 0 bridgehead atoms. The number of anilines is 1. The van der Waals surface area contributed by atoms with Crippen LogP contribution in [0.3, 0.4) is 0 Å². The zero-order chi connectivity index (χ0) is 19.9. The number of carbonyl (C=O) groups excluding carboxylic acids is 3. The number of urea groups is 1. The summed E-state index contributed by atoms with van der Waals surface area (Å²) >= 11 is 0. The van der Waals surface area contributed by atoms with Gasteiger partial charge in [-0.15, -0.1) is 0 Å². The number of aryl methyl sites for hydroxylation is 5. The minimum atomic E-state index is -0.732. The highest BCUT2D eigenvalue weighted by atomic mass is 16.2. The van der Waals surface area contributed by atoms with Gasteiger partial charge in [0.25, 0.3) is 11.8 Å². The van der Waals surface area contributed by atoms with Crippen molar-refractivity contribution in [3.05, 3.63) is 69.3 Å². The fourth-order valence-corrected chi connectivity index (χ4v) is 3.53. The molecule has 1 fully saturated rings. The molecule has 1 N–H and O–H groups in total. The molecule has 0 unspecified atom stereocenters. The van der Waals surface area contributed by atoms with Gasteiger partial charge in [-0.25, -0.2) is 9.69 Å². The molecule has 27 heavy (non-hydrogen) atoms. The summed E-state index contributed by atoms with van der Waals surface area (Å²) in [5.41, 5.74) is 6.12. The predicted molar refractivity (Wildman–Crippen MR) is 106 cm³/mol. The largest absolute Gasteiger partial charge is 0.335 e. The van der Waals surface area contributed by atoms with Crippen LogP contribution >= 0.6 is 0 Å². The van der Waals surface area contributed by atoms with Crippen molar-refractivity contribution >= 4 is 29.6 Å². The fraction of sp³-hybridized carbons (Fsp3) is 0.227. The Morgan fingerprint density at radius 1 is 0.778 bits per heavy atom. The van der Waals surface area contributed by atoms with Crippen molar-refractivity contribution in [3.63, 3.8) is 0 Å². The van der Waals surface area contributed by atoms with Crippen LogP contribution in [0.5, 0.6) is 0 Å². The molecule has 2 aromatic carbocycles. The van der Waals surface area contributed by atoms with Gasteiger partial charge in [0, 0.05) is 0 Å². The average Bonchev–Trinajstić information content (AvgIpc) is 2.51. The summed E-state index contributed by atoms with van der Waals surface area (Å²) in [5, 5.41) is 2.28. The van der Waals surface area contributed by atoms with E-state index in [2.05, 4.69) is 5.32 Å². The van der Waals surface area contributed by atoms with Gasteiger partial charge in [0.1, 0.15) is 5.57 Å². The van der Waals surface area contributed by atoms with E-state index in [4.69, 9.17) is 0 Å². The third kappa shape index (κ3) is 3.53. The van der Waals surface area contributed by atoms with E-state index in [0.29, 0.717) is 5.69 Å². The molecule has 1 aliphatic heterocycles.